The van der Waals surface area contributed by atoms with Crippen molar-refractivity contribution in [3.8, 4) is 0 Å². The predicted octanol–water partition coefficient (Wildman–Crippen LogP) is 2.89. The van der Waals surface area contributed by atoms with Gasteiger partial charge in [-0.1, -0.05) is 30.9 Å². The van der Waals surface area contributed by atoms with Gasteiger partial charge in [-0.2, -0.15) is 0 Å². The second-order valence-corrected chi connectivity index (χ2v) is 5.55. The van der Waals surface area contributed by atoms with Crippen LogP contribution in [0.3, 0.4) is 0 Å². The van der Waals surface area contributed by atoms with Crippen molar-refractivity contribution in [1.29, 1.82) is 0 Å². The molecule has 1 aromatic heterocycles. The molecule has 1 heterocycles. The number of rotatable bonds is 2. The van der Waals surface area contributed by atoms with Gasteiger partial charge in [-0.05, 0) is 31.4 Å². The smallest absolute Gasteiger partial charge is 0.229 e. The van der Waals surface area contributed by atoms with Gasteiger partial charge in [0.1, 0.15) is 0 Å². The van der Waals surface area contributed by atoms with Gasteiger partial charge in [-0.25, -0.2) is 4.98 Å². The maximum atomic E-state index is 12.4. The molecule has 5 heteroatoms. The maximum Gasteiger partial charge on any atom is 0.229 e. The molecule has 104 valence electrons. The molecular weight excluding hydrogens is 262 g/mol. The molecule has 2 unspecified atom stereocenters. The minimum Gasteiger partial charge on any atom is -0.327 e. The summed E-state index contributed by atoms with van der Waals surface area (Å²) in [6.07, 6.45) is 6.72. The van der Waals surface area contributed by atoms with Crippen LogP contribution in [0.2, 0.25) is 5.15 Å². The monoisotopic (exact) mass is 281 g/mol. The number of nitrogens with two attached hydrogens (primary N) is 1. The summed E-state index contributed by atoms with van der Waals surface area (Å²) in [5.74, 6) is -0.162. The summed E-state index contributed by atoms with van der Waals surface area (Å²) in [6.45, 7) is 1.90. The van der Waals surface area contributed by atoms with Crippen molar-refractivity contribution in [3.63, 3.8) is 0 Å². The van der Waals surface area contributed by atoms with E-state index in [-0.39, 0.29) is 17.9 Å². The molecule has 0 radical (unpaired) electrons. The van der Waals surface area contributed by atoms with E-state index in [2.05, 4.69) is 10.3 Å². The Balaban J connectivity index is 2.11. The van der Waals surface area contributed by atoms with E-state index in [4.69, 9.17) is 17.3 Å². The summed E-state index contributed by atoms with van der Waals surface area (Å²) < 4.78 is 0. The molecular formula is C14H20ClN3O. The first-order valence-corrected chi connectivity index (χ1v) is 7.15. The topological polar surface area (TPSA) is 68.0 Å². The number of nitrogens with one attached hydrogen (secondary N) is 1. The van der Waals surface area contributed by atoms with Crippen LogP contribution < -0.4 is 11.1 Å². The molecule has 1 fully saturated rings. The van der Waals surface area contributed by atoms with Gasteiger partial charge < -0.3 is 11.1 Å². The van der Waals surface area contributed by atoms with E-state index >= 15 is 0 Å². The van der Waals surface area contributed by atoms with Gasteiger partial charge in [0, 0.05) is 12.2 Å². The number of carbonyl (C=O) groups excluding carboxylic acids is 1. The van der Waals surface area contributed by atoms with Crippen LogP contribution in [0.1, 0.15) is 37.7 Å². The number of amides is 1. The van der Waals surface area contributed by atoms with Gasteiger partial charge in [0.15, 0.2) is 5.15 Å². The molecule has 3 N–H and O–H groups in total. The van der Waals surface area contributed by atoms with Gasteiger partial charge >= 0.3 is 0 Å². The van der Waals surface area contributed by atoms with Crippen molar-refractivity contribution in [1.82, 2.24) is 4.98 Å². The summed E-state index contributed by atoms with van der Waals surface area (Å²) >= 11 is 6.02. The highest BCUT2D eigenvalue weighted by Crippen LogP contribution is 2.27. The molecule has 19 heavy (non-hydrogen) atoms. The Morgan fingerprint density at radius 3 is 2.89 bits per heavy atom. The van der Waals surface area contributed by atoms with Crippen molar-refractivity contribution in [2.24, 2.45) is 11.7 Å². The SMILES string of the molecule is Cc1ccnc(Cl)c1NC(=O)C1CCCCCC1N. The number of carbonyl (C=O) groups is 1. The summed E-state index contributed by atoms with van der Waals surface area (Å²) in [7, 11) is 0. The third kappa shape index (κ3) is 3.45. The molecule has 1 aliphatic rings. The van der Waals surface area contributed by atoms with Crippen molar-refractivity contribution >= 4 is 23.2 Å². The fourth-order valence-electron chi connectivity index (χ4n) is 2.55. The van der Waals surface area contributed by atoms with Gasteiger partial charge in [0.2, 0.25) is 5.91 Å². The van der Waals surface area contributed by atoms with Crippen LogP contribution in [0.25, 0.3) is 0 Å². The number of hydrogen-bond donors (Lipinski definition) is 2. The number of halogens is 1. The van der Waals surface area contributed by atoms with Crippen LogP contribution in [0.15, 0.2) is 12.3 Å². The third-order valence-electron chi connectivity index (χ3n) is 3.77. The molecule has 1 aromatic rings. The normalized spacial score (nSPS) is 23.7. The lowest BCUT2D eigenvalue weighted by atomic mass is 9.94. The minimum absolute atomic E-state index is 0.0348. The first-order valence-electron chi connectivity index (χ1n) is 6.77. The Bertz CT molecular complexity index is 444. The predicted molar refractivity (Wildman–Crippen MR) is 77.2 cm³/mol. The zero-order valence-corrected chi connectivity index (χ0v) is 11.9. The molecule has 0 aliphatic heterocycles. The second-order valence-electron chi connectivity index (χ2n) is 5.19. The molecule has 0 aromatic carbocycles. The molecule has 1 aliphatic carbocycles. The Labute approximate surface area is 118 Å². The molecule has 1 saturated carbocycles. The average molecular weight is 282 g/mol. The Kier molecular flexibility index (Phi) is 4.77. The van der Waals surface area contributed by atoms with Crippen molar-refractivity contribution < 1.29 is 4.79 Å². The number of anilines is 1. The number of nitrogens with zero attached hydrogens (tertiary/aromatic N) is 1. The Hall–Kier alpha value is -1.13. The second kappa shape index (κ2) is 6.35. The fourth-order valence-corrected chi connectivity index (χ4v) is 2.81. The van der Waals surface area contributed by atoms with E-state index < -0.39 is 0 Å². The van der Waals surface area contributed by atoms with Crippen molar-refractivity contribution in [2.75, 3.05) is 5.32 Å². The number of hydrogen-bond acceptors (Lipinski definition) is 3. The lowest BCUT2D eigenvalue weighted by molar-refractivity contribution is -0.120. The van der Waals surface area contributed by atoms with Crippen LogP contribution in [0.5, 0.6) is 0 Å². The third-order valence-corrected chi connectivity index (χ3v) is 4.05. The Morgan fingerprint density at radius 2 is 2.16 bits per heavy atom. The largest absolute Gasteiger partial charge is 0.327 e. The summed E-state index contributed by atoms with van der Waals surface area (Å²) in [5.41, 5.74) is 7.62. The van der Waals surface area contributed by atoms with Crippen LogP contribution in [0.4, 0.5) is 5.69 Å². The average Bonchev–Trinajstić information content (AvgIpc) is 2.58. The number of aromatic nitrogens is 1. The first-order chi connectivity index (χ1) is 9.09. The van der Waals surface area contributed by atoms with E-state index in [1.165, 1.54) is 0 Å². The van der Waals surface area contributed by atoms with Gasteiger partial charge in [0.25, 0.3) is 0 Å². The Morgan fingerprint density at radius 1 is 1.42 bits per heavy atom. The summed E-state index contributed by atoms with van der Waals surface area (Å²) in [4.78, 5) is 16.4. The maximum absolute atomic E-state index is 12.4. The van der Waals surface area contributed by atoms with Crippen molar-refractivity contribution in [2.45, 2.75) is 45.1 Å². The molecule has 0 saturated heterocycles. The fraction of sp³-hybridized carbons (Fsp3) is 0.571. The molecule has 2 rings (SSSR count). The van der Waals surface area contributed by atoms with Crippen LogP contribution in [0, 0.1) is 12.8 Å². The van der Waals surface area contributed by atoms with Gasteiger partial charge in [-0.15, -0.1) is 0 Å². The van der Waals surface area contributed by atoms with E-state index in [9.17, 15) is 4.79 Å². The highest BCUT2D eigenvalue weighted by atomic mass is 35.5. The van der Waals surface area contributed by atoms with E-state index in [0.29, 0.717) is 10.8 Å². The molecule has 0 spiro atoms. The highest BCUT2D eigenvalue weighted by Gasteiger charge is 2.27. The lowest BCUT2D eigenvalue weighted by Gasteiger charge is -2.21. The highest BCUT2D eigenvalue weighted by molar-refractivity contribution is 6.32. The molecule has 4 nitrogen and oxygen atoms in total. The van der Waals surface area contributed by atoms with E-state index in [1.807, 2.05) is 13.0 Å². The molecule has 0 bridgehead atoms. The minimum atomic E-state index is -0.127. The zero-order valence-electron chi connectivity index (χ0n) is 11.2. The summed E-state index contributed by atoms with van der Waals surface area (Å²) in [6, 6.07) is 1.77. The zero-order chi connectivity index (χ0) is 13.8. The number of pyridine rings is 1. The summed E-state index contributed by atoms with van der Waals surface area (Å²) in [5, 5.41) is 3.22. The van der Waals surface area contributed by atoms with Gasteiger partial charge in [-0.3, -0.25) is 4.79 Å². The van der Waals surface area contributed by atoms with Gasteiger partial charge in [0.05, 0.1) is 11.6 Å². The lowest BCUT2D eigenvalue weighted by Crippen LogP contribution is -2.38. The van der Waals surface area contributed by atoms with E-state index in [1.54, 1.807) is 6.20 Å². The van der Waals surface area contributed by atoms with E-state index in [0.717, 1.165) is 37.7 Å². The van der Waals surface area contributed by atoms with Crippen LogP contribution >= 0.6 is 11.6 Å². The standard InChI is InChI=1S/C14H20ClN3O/c1-9-7-8-17-13(15)12(9)18-14(19)10-5-3-2-4-6-11(10)16/h7-8,10-11H,2-6,16H2,1H3,(H,18,19). The molecule has 1 amide bonds. The van der Waals surface area contributed by atoms with Crippen LogP contribution in [-0.4, -0.2) is 16.9 Å². The number of aryl methyl sites for hydroxylation is 1. The molecule has 2 atom stereocenters. The van der Waals surface area contributed by atoms with Crippen LogP contribution in [-0.2, 0) is 4.79 Å². The first kappa shape index (κ1) is 14.3. The quantitative estimate of drug-likeness (QED) is 0.647. The van der Waals surface area contributed by atoms with Crippen molar-refractivity contribution in [3.05, 3.63) is 23.0 Å².